The van der Waals surface area contributed by atoms with Gasteiger partial charge in [-0.3, -0.25) is 0 Å². The average Bonchev–Trinajstić information content (AvgIpc) is 2.34. The van der Waals surface area contributed by atoms with Gasteiger partial charge in [-0.05, 0) is 84.6 Å². The van der Waals surface area contributed by atoms with Crippen molar-refractivity contribution in [3.8, 4) is 0 Å². The van der Waals surface area contributed by atoms with Gasteiger partial charge in [-0.2, -0.15) is 0 Å². The van der Waals surface area contributed by atoms with Crippen LogP contribution in [0.25, 0.3) is 0 Å². The fourth-order valence-electron chi connectivity index (χ4n) is 3.85. The van der Waals surface area contributed by atoms with E-state index in [1.807, 2.05) is 0 Å². The summed E-state index contributed by atoms with van der Waals surface area (Å²) in [6, 6.07) is 0. The minimum absolute atomic E-state index is 0.376. The van der Waals surface area contributed by atoms with Gasteiger partial charge < -0.3 is 0 Å². The molecule has 98 valence electrons. The molecule has 1 heteroatoms. The molecular weight excluding hydrogens is 223 g/mol. The fourth-order valence-corrected chi connectivity index (χ4v) is 8.73. The van der Waals surface area contributed by atoms with E-state index in [2.05, 4.69) is 62.3 Å². The largest absolute Gasteiger partial charge is 0.117 e. The van der Waals surface area contributed by atoms with Crippen LogP contribution in [0.5, 0.6) is 0 Å². The Bertz CT molecular complexity index is 337. The summed E-state index contributed by atoms with van der Waals surface area (Å²) in [4.78, 5) is 0. The minimum atomic E-state index is -0.433. The molecule has 0 unspecified atom stereocenters. The third-order valence-electron chi connectivity index (χ3n) is 5.01. The molecule has 0 nitrogen and oxygen atoms in total. The van der Waals surface area contributed by atoms with Gasteiger partial charge in [-0.25, -0.2) is 0 Å². The van der Waals surface area contributed by atoms with Crippen LogP contribution in [0.4, 0.5) is 0 Å². The van der Waals surface area contributed by atoms with Crippen molar-refractivity contribution in [1.82, 2.24) is 0 Å². The van der Waals surface area contributed by atoms with Crippen molar-refractivity contribution in [2.45, 2.75) is 78.8 Å². The Morgan fingerprint density at radius 3 is 1.29 bits per heavy atom. The molecule has 0 bridgehead atoms. The highest BCUT2D eigenvalue weighted by Crippen LogP contribution is 2.66. The summed E-state index contributed by atoms with van der Waals surface area (Å²) < 4.78 is 0. The van der Waals surface area contributed by atoms with Crippen LogP contribution >= 0.6 is 7.92 Å². The molecule has 0 aromatic heterocycles. The van der Waals surface area contributed by atoms with Gasteiger partial charge in [-0.15, -0.1) is 0 Å². The normalized spacial score (nSPS) is 20.5. The van der Waals surface area contributed by atoms with E-state index in [4.69, 9.17) is 0 Å². The molecular formula is C16H30P+. The first-order valence-electron chi connectivity index (χ1n) is 6.89. The Kier molecular flexibility index (Phi) is 4.30. The van der Waals surface area contributed by atoms with Crippen LogP contribution < -0.4 is 0 Å². The van der Waals surface area contributed by atoms with Gasteiger partial charge in [-0.1, -0.05) is 0 Å². The standard InChI is InChI=1S/C16H29P/c1-10(2)17(11(3)4)16(9)14(7)12(5)13(6)15(16)8/h10-11H,1-9H3/p+1. The average molecular weight is 253 g/mol. The van der Waals surface area contributed by atoms with Crippen molar-refractivity contribution in [2.75, 3.05) is 0 Å². The first-order chi connectivity index (χ1) is 7.65. The third kappa shape index (κ3) is 2.14. The molecule has 0 aromatic rings. The molecule has 0 spiro atoms. The van der Waals surface area contributed by atoms with Gasteiger partial charge in [0.2, 0.25) is 0 Å². The maximum atomic E-state index is 2.51. The van der Waals surface area contributed by atoms with Crippen LogP contribution in [-0.2, 0) is 0 Å². The summed E-state index contributed by atoms with van der Waals surface area (Å²) in [5.41, 5.74) is 8.04. The molecule has 0 aromatic carbocycles. The Hall–Kier alpha value is -0.0900. The zero-order chi connectivity index (χ0) is 13.5. The molecule has 0 heterocycles. The van der Waals surface area contributed by atoms with E-state index in [9.17, 15) is 0 Å². The van der Waals surface area contributed by atoms with E-state index in [0.717, 1.165) is 11.3 Å². The molecule has 0 fully saturated rings. The molecule has 0 saturated carbocycles. The van der Waals surface area contributed by atoms with Crippen molar-refractivity contribution in [1.29, 1.82) is 0 Å². The van der Waals surface area contributed by atoms with Crippen LogP contribution in [-0.4, -0.2) is 16.5 Å². The zero-order valence-electron chi connectivity index (χ0n) is 13.2. The molecule has 0 atom stereocenters. The van der Waals surface area contributed by atoms with Gasteiger partial charge in [0.1, 0.15) is 5.16 Å². The van der Waals surface area contributed by atoms with E-state index in [1.165, 1.54) is 0 Å². The predicted molar refractivity (Wildman–Crippen MR) is 83.7 cm³/mol. The summed E-state index contributed by atoms with van der Waals surface area (Å²) in [7, 11) is -0.433. The van der Waals surface area contributed by atoms with Gasteiger partial charge in [0, 0.05) is 7.92 Å². The maximum Gasteiger partial charge on any atom is 0.117 e. The maximum absolute atomic E-state index is 2.51. The highest BCUT2D eigenvalue weighted by Gasteiger charge is 2.50. The summed E-state index contributed by atoms with van der Waals surface area (Å²) in [6.07, 6.45) is 0. The van der Waals surface area contributed by atoms with E-state index >= 15 is 0 Å². The van der Waals surface area contributed by atoms with E-state index < -0.39 is 7.92 Å². The number of hydrogen-bond acceptors (Lipinski definition) is 0. The number of rotatable bonds is 3. The lowest BCUT2D eigenvalue weighted by atomic mass is 9.98. The molecule has 0 aliphatic heterocycles. The van der Waals surface area contributed by atoms with Crippen LogP contribution in [0.2, 0.25) is 0 Å². The molecule has 17 heavy (non-hydrogen) atoms. The second kappa shape index (κ2) is 4.88. The quantitative estimate of drug-likeness (QED) is 0.586. The summed E-state index contributed by atoms with van der Waals surface area (Å²) >= 11 is 0. The van der Waals surface area contributed by atoms with Crippen LogP contribution in [0.3, 0.4) is 0 Å². The van der Waals surface area contributed by atoms with Gasteiger partial charge in [0.15, 0.2) is 0 Å². The zero-order valence-corrected chi connectivity index (χ0v) is 14.2. The molecule has 0 saturated heterocycles. The lowest BCUT2D eigenvalue weighted by Gasteiger charge is -2.36. The molecule has 1 aliphatic carbocycles. The monoisotopic (exact) mass is 253 g/mol. The first kappa shape index (κ1) is 15.0. The van der Waals surface area contributed by atoms with Gasteiger partial charge >= 0.3 is 0 Å². The van der Waals surface area contributed by atoms with Crippen LogP contribution in [0, 0.1) is 0 Å². The third-order valence-corrected chi connectivity index (χ3v) is 9.40. The van der Waals surface area contributed by atoms with E-state index in [1.54, 1.807) is 22.3 Å². The Labute approximate surface area is 109 Å². The lowest BCUT2D eigenvalue weighted by Crippen LogP contribution is -2.30. The first-order valence-corrected chi connectivity index (χ1v) is 8.54. The van der Waals surface area contributed by atoms with Crippen molar-refractivity contribution in [2.24, 2.45) is 0 Å². The van der Waals surface area contributed by atoms with Crippen molar-refractivity contribution < 1.29 is 0 Å². The van der Waals surface area contributed by atoms with Crippen LogP contribution in [0.15, 0.2) is 22.3 Å². The topological polar surface area (TPSA) is 0 Å². The van der Waals surface area contributed by atoms with Gasteiger partial charge in [0.05, 0.1) is 11.3 Å². The SMILES string of the molecule is CC1=C(C)C(C)([PH+](C(C)C)C(C)C)C(C)=C1C. The fraction of sp³-hybridized carbons (Fsp3) is 0.750. The predicted octanol–water partition coefficient (Wildman–Crippen LogP) is 5.46. The van der Waals surface area contributed by atoms with E-state index in [0.29, 0.717) is 5.16 Å². The smallest absolute Gasteiger partial charge is 0.0447 e. The second-order valence-electron chi connectivity index (χ2n) is 6.39. The summed E-state index contributed by atoms with van der Waals surface area (Å²) in [6.45, 7) is 21.5. The summed E-state index contributed by atoms with van der Waals surface area (Å²) in [5, 5.41) is 0.376. The highest BCUT2D eigenvalue weighted by atomic mass is 31.1. The van der Waals surface area contributed by atoms with Crippen molar-refractivity contribution in [3.63, 3.8) is 0 Å². The van der Waals surface area contributed by atoms with Crippen molar-refractivity contribution in [3.05, 3.63) is 22.3 Å². The minimum Gasteiger partial charge on any atom is -0.0447 e. The molecule has 1 aliphatic rings. The summed E-state index contributed by atoms with van der Waals surface area (Å²) in [5.74, 6) is 0. The Morgan fingerprint density at radius 1 is 0.765 bits per heavy atom. The lowest BCUT2D eigenvalue weighted by molar-refractivity contribution is 0.816. The Morgan fingerprint density at radius 2 is 1.06 bits per heavy atom. The van der Waals surface area contributed by atoms with Crippen molar-refractivity contribution >= 4 is 7.92 Å². The highest BCUT2D eigenvalue weighted by molar-refractivity contribution is 7.61. The second-order valence-corrected chi connectivity index (χ2v) is 10.6. The molecule has 0 radical (unpaired) electrons. The van der Waals surface area contributed by atoms with Gasteiger partial charge in [0.25, 0.3) is 0 Å². The number of allylic oxidation sites excluding steroid dienone is 4. The number of hydrogen-bond donors (Lipinski definition) is 0. The molecule has 1 rings (SSSR count). The Balaban J connectivity index is 3.37. The molecule has 0 amide bonds. The van der Waals surface area contributed by atoms with E-state index in [-0.39, 0.29) is 0 Å². The van der Waals surface area contributed by atoms with Crippen LogP contribution in [0.1, 0.15) is 62.3 Å². The molecule has 0 N–H and O–H groups in total.